The Morgan fingerprint density at radius 2 is 2.38 bits per heavy atom. The smallest absolute Gasteiger partial charge is 0.185 e. The fourth-order valence-corrected chi connectivity index (χ4v) is 1.29. The highest BCUT2D eigenvalue weighted by atomic mass is 16.3. The maximum absolute atomic E-state index is 10.5. The molecule has 1 aromatic heterocycles. The lowest BCUT2D eigenvalue weighted by atomic mass is 10.1. The van der Waals surface area contributed by atoms with Crippen LogP contribution in [0, 0.1) is 0 Å². The SMILES string of the molecule is CCCCc1coc(C=O)c1CO. The molecule has 0 spiro atoms. The van der Waals surface area contributed by atoms with Crippen molar-refractivity contribution in [1.29, 1.82) is 0 Å². The summed E-state index contributed by atoms with van der Waals surface area (Å²) >= 11 is 0. The summed E-state index contributed by atoms with van der Waals surface area (Å²) in [5, 5.41) is 9.00. The zero-order valence-electron chi connectivity index (χ0n) is 7.75. The zero-order valence-corrected chi connectivity index (χ0v) is 7.75. The number of unbranched alkanes of at least 4 members (excludes halogenated alkanes) is 1. The third-order valence-corrected chi connectivity index (χ3v) is 2.08. The van der Waals surface area contributed by atoms with Crippen molar-refractivity contribution in [2.24, 2.45) is 0 Å². The van der Waals surface area contributed by atoms with Crippen molar-refractivity contribution in [2.45, 2.75) is 32.8 Å². The highest BCUT2D eigenvalue weighted by Crippen LogP contribution is 2.17. The first-order chi connectivity index (χ1) is 6.33. The molecule has 0 aliphatic rings. The normalized spacial score (nSPS) is 10.3. The fourth-order valence-electron chi connectivity index (χ4n) is 1.29. The summed E-state index contributed by atoms with van der Waals surface area (Å²) in [6.45, 7) is 1.98. The topological polar surface area (TPSA) is 50.4 Å². The molecule has 1 rings (SSSR count). The first kappa shape index (κ1) is 9.99. The lowest BCUT2D eigenvalue weighted by Crippen LogP contribution is -1.93. The number of carbonyl (C=O) groups is 1. The summed E-state index contributed by atoms with van der Waals surface area (Å²) in [6.07, 6.45) is 5.20. The third kappa shape index (κ3) is 2.18. The summed E-state index contributed by atoms with van der Waals surface area (Å²) in [5.41, 5.74) is 1.59. The van der Waals surface area contributed by atoms with Gasteiger partial charge in [0.2, 0.25) is 0 Å². The molecular weight excluding hydrogens is 168 g/mol. The number of aliphatic hydroxyl groups excluding tert-OH is 1. The molecule has 1 heterocycles. The molecule has 0 amide bonds. The maximum atomic E-state index is 10.5. The zero-order chi connectivity index (χ0) is 9.68. The van der Waals surface area contributed by atoms with Crippen LogP contribution in [0.5, 0.6) is 0 Å². The average Bonchev–Trinajstić information content (AvgIpc) is 2.56. The van der Waals surface area contributed by atoms with Crippen LogP contribution in [0.1, 0.15) is 41.4 Å². The van der Waals surface area contributed by atoms with Gasteiger partial charge in [-0.25, -0.2) is 0 Å². The molecule has 0 fully saturated rings. The number of carbonyl (C=O) groups excluding carboxylic acids is 1. The van der Waals surface area contributed by atoms with E-state index in [0.29, 0.717) is 11.8 Å². The molecule has 0 aliphatic heterocycles. The molecular formula is C10H14O3. The van der Waals surface area contributed by atoms with E-state index in [9.17, 15) is 4.79 Å². The molecule has 3 nitrogen and oxygen atoms in total. The largest absolute Gasteiger partial charge is 0.461 e. The maximum Gasteiger partial charge on any atom is 0.185 e. The van der Waals surface area contributed by atoms with Crippen molar-refractivity contribution >= 4 is 6.29 Å². The lowest BCUT2D eigenvalue weighted by molar-refractivity contribution is 0.109. The highest BCUT2D eigenvalue weighted by molar-refractivity contribution is 5.73. The first-order valence-corrected chi connectivity index (χ1v) is 4.48. The van der Waals surface area contributed by atoms with Crippen LogP contribution < -0.4 is 0 Å². The minimum absolute atomic E-state index is 0.121. The van der Waals surface area contributed by atoms with E-state index < -0.39 is 0 Å². The number of furan rings is 1. The Bertz CT molecular complexity index is 276. The number of aryl methyl sites for hydroxylation is 1. The molecule has 0 saturated carbocycles. The van der Waals surface area contributed by atoms with Gasteiger partial charge in [0.15, 0.2) is 12.0 Å². The molecule has 0 aliphatic carbocycles. The van der Waals surface area contributed by atoms with Crippen LogP contribution in [0.2, 0.25) is 0 Å². The molecule has 0 unspecified atom stereocenters. The van der Waals surface area contributed by atoms with Crippen LogP contribution in [0.15, 0.2) is 10.7 Å². The van der Waals surface area contributed by atoms with E-state index in [0.717, 1.165) is 24.8 Å². The molecule has 0 atom stereocenters. The van der Waals surface area contributed by atoms with E-state index in [-0.39, 0.29) is 12.4 Å². The number of hydrogen-bond donors (Lipinski definition) is 1. The number of rotatable bonds is 5. The van der Waals surface area contributed by atoms with Gasteiger partial charge in [-0.05, 0) is 18.4 Å². The summed E-state index contributed by atoms with van der Waals surface area (Å²) in [4.78, 5) is 10.5. The van der Waals surface area contributed by atoms with Crippen LogP contribution in [0.25, 0.3) is 0 Å². The van der Waals surface area contributed by atoms with Crippen molar-refractivity contribution in [3.63, 3.8) is 0 Å². The third-order valence-electron chi connectivity index (χ3n) is 2.08. The minimum atomic E-state index is -0.121. The molecule has 13 heavy (non-hydrogen) atoms. The predicted molar refractivity (Wildman–Crippen MR) is 48.6 cm³/mol. The quantitative estimate of drug-likeness (QED) is 0.708. The van der Waals surface area contributed by atoms with Crippen LogP contribution in [-0.4, -0.2) is 11.4 Å². The number of aliphatic hydroxyl groups is 1. The number of hydrogen-bond acceptors (Lipinski definition) is 3. The van der Waals surface area contributed by atoms with Gasteiger partial charge in [-0.3, -0.25) is 4.79 Å². The van der Waals surface area contributed by atoms with Gasteiger partial charge < -0.3 is 9.52 Å². The van der Waals surface area contributed by atoms with Crippen molar-refractivity contribution < 1.29 is 14.3 Å². The molecule has 0 bridgehead atoms. The molecule has 0 aromatic carbocycles. The second-order valence-corrected chi connectivity index (χ2v) is 2.98. The van der Waals surface area contributed by atoms with Gasteiger partial charge in [0.05, 0.1) is 12.9 Å². The molecule has 3 heteroatoms. The predicted octanol–water partition coefficient (Wildman–Crippen LogP) is 1.93. The standard InChI is InChI=1S/C10H14O3/c1-2-3-4-8-7-13-10(6-12)9(8)5-11/h6-7,11H,2-5H2,1H3. The van der Waals surface area contributed by atoms with Gasteiger partial charge in [-0.2, -0.15) is 0 Å². The Labute approximate surface area is 77.4 Å². The highest BCUT2D eigenvalue weighted by Gasteiger charge is 2.10. The summed E-state index contributed by atoms with van der Waals surface area (Å²) in [5.74, 6) is 0.258. The van der Waals surface area contributed by atoms with Gasteiger partial charge in [0.1, 0.15) is 0 Å². The molecule has 72 valence electrons. The molecule has 0 radical (unpaired) electrons. The van der Waals surface area contributed by atoms with E-state index in [1.165, 1.54) is 0 Å². The Morgan fingerprint density at radius 3 is 2.92 bits per heavy atom. The molecule has 0 saturated heterocycles. The Hall–Kier alpha value is -1.09. The summed E-state index contributed by atoms with van der Waals surface area (Å²) in [7, 11) is 0. The molecule has 1 aromatic rings. The van der Waals surface area contributed by atoms with Gasteiger partial charge in [0.25, 0.3) is 0 Å². The monoisotopic (exact) mass is 182 g/mol. The van der Waals surface area contributed by atoms with Crippen molar-refractivity contribution in [3.8, 4) is 0 Å². The first-order valence-electron chi connectivity index (χ1n) is 4.48. The van der Waals surface area contributed by atoms with E-state index >= 15 is 0 Å². The Balaban J connectivity index is 2.81. The molecule has 1 N–H and O–H groups in total. The Morgan fingerprint density at radius 1 is 1.62 bits per heavy atom. The van der Waals surface area contributed by atoms with Gasteiger partial charge in [-0.1, -0.05) is 13.3 Å². The summed E-state index contributed by atoms with van der Waals surface area (Å²) < 4.78 is 5.00. The van der Waals surface area contributed by atoms with Gasteiger partial charge >= 0.3 is 0 Å². The van der Waals surface area contributed by atoms with Crippen LogP contribution in [0.3, 0.4) is 0 Å². The lowest BCUT2D eigenvalue weighted by Gasteiger charge is -1.97. The summed E-state index contributed by atoms with van der Waals surface area (Å²) in [6, 6.07) is 0. The van der Waals surface area contributed by atoms with E-state index in [4.69, 9.17) is 9.52 Å². The van der Waals surface area contributed by atoms with Crippen LogP contribution in [-0.2, 0) is 13.0 Å². The van der Waals surface area contributed by atoms with Crippen molar-refractivity contribution in [2.75, 3.05) is 0 Å². The second-order valence-electron chi connectivity index (χ2n) is 2.98. The number of aldehydes is 1. The van der Waals surface area contributed by atoms with Gasteiger partial charge in [0, 0.05) is 5.56 Å². The van der Waals surface area contributed by atoms with Crippen LogP contribution >= 0.6 is 0 Å². The van der Waals surface area contributed by atoms with E-state index in [2.05, 4.69) is 6.92 Å². The minimum Gasteiger partial charge on any atom is -0.461 e. The average molecular weight is 182 g/mol. The van der Waals surface area contributed by atoms with Gasteiger partial charge in [-0.15, -0.1) is 0 Å². The fraction of sp³-hybridized carbons (Fsp3) is 0.500. The van der Waals surface area contributed by atoms with Crippen LogP contribution in [0.4, 0.5) is 0 Å². The van der Waals surface area contributed by atoms with Crippen molar-refractivity contribution in [1.82, 2.24) is 0 Å². The van der Waals surface area contributed by atoms with E-state index in [1.807, 2.05) is 0 Å². The van der Waals surface area contributed by atoms with E-state index in [1.54, 1.807) is 6.26 Å². The Kier molecular flexibility index (Phi) is 3.71. The van der Waals surface area contributed by atoms with Crippen molar-refractivity contribution in [3.05, 3.63) is 23.2 Å². The second kappa shape index (κ2) is 4.82.